The number of ether oxygens (including phenoxy) is 1. The molecule has 1 aromatic rings. The molecule has 1 heterocycles. The van der Waals surface area contributed by atoms with Gasteiger partial charge in [-0.1, -0.05) is 23.7 Å². The molecule has 0 saturated carbocycles. The van der Waals surface area contributed by atoms with Gasteiger partial charge in [0.1, 0.15) is 0 Å². The molecule has 0 aliphatic carbocycles. The average molecular weight is 301 g/mol. The van der Waals surface area contributed by atoms with E-state index >= 15 is 0 Å². The number of esters is 1. The fourth-order valence-corrected chi connectivity index (χ4v) is 1.66. The molecule has 0 aromatic heterocycles. The maximum absolute atomic E-state index is 11.7. The number of rotatable bonds is 2. The Hall–Kier alpha value is -2.46. The molecule has 0 fully saturated rings. The summed E-state index contributed by atoms with van der Waals surface area (Å²) in [5.41, 5.74) is 1.82. The minimum Gasteiger partial charge on any atom is -0.404 e. The van der Waals surface area contributed by atoms with E-state index in [0.717, 1.165) is 11.1 Å². The summed E-state index contributed by atoms with van der Waals surface area (Å²) in [7, 11) is 0. The van der Waals surface area contributed by atoms with E-state index in [-0.39, 0.29) is 5.90 Å². The predicted octanol–water partition coefficient (Wildman–Crippen LogP) is 3.72. The average Bonchev–Trinajstić information content (AvgIpc) is 2.43. The van der Waals surface area contributed by atoms with Crippen molar-refractivity contribution in [1.29, 1.82) is 0 Å². The Morgan fingerprint density at radius 2 is 2.19 bits per heavy atom. The number of allylic oxidation sites excluding steroid dienone is 1. The third-order valence-corrected chi connectivity index (χ3v) is 2.99. The summed E-state index contributed by atoms with van der Waals surface area (Å²) in [4.78, 5) is 19.6. The van der Waals surface area contributed by atoms with Crippen molar-refractivity contribution in [2.24, 2.45) is 9.98 Å². The zero-order chi connectivity index (χ0) is 15.1. The molecule has 0 saturated heterocycles. The number of aliphatic imine (C=N–C) groups is 2. The van der Waals surface area contributed by atoms with Gasteiger partial charge in [-0.25, -0.2) is 9.79 Å². The van der Waals surface area contributed by atoms with Crippen LogP contribution in [0.1, 0.15) is 11.1 Å². The van der Waals surface area contributed by atoms with E-state index in [2.05, 4.69) is 9.98 Å². The van der Waals surface area contributed by atoms with Gasteiger partial charge in [-0.05, 0) is 36.3 Å². The van der Waals surface area contributed by atoms with Crippen LogP contribution in [0.4, 0.5) is 0 Å². The molecule has 0 N–H and O–H groups in total. The Kier molecular flexibility index (Phi) is 5.23. The molecule has 0 atom stereocenters. The number of hydrogen-bond acceptors (Lipinski definition) is 4. The highest BCUT2D eigenvalue weighted by Crippen LogP contribution is 2.17. The van der Waals surface area contributed by atoms with Gasteiger partial charge in [0, 0.05) is 35.8 Å². The third kappa shape index (κ3) is 4.85. The van der Waals surface area contributed by atoms with E-state index in [4.69, 9.17) is 16.3 Å². The van der Waals surface area contributed by atoms with E-state index < -0.39 is 5.97 Å². The first-order chi connectivity index (χ1) is 10.1. The van der Waals surface area contributed by atoms with Crippen LogP contribution in [0.15, 0.2) is 58.8 Å². The van der Waals surface area contributed by atoms with Crippen LogP contribution in [0.5, 0.6) is 0 Å². The Morgan fingerprint density at radius 1 is 1.33 bits per heavy atom. The number of halogens is 1. The minimum atomic E-state index is -0.510. The lowest BCUT2D eigenvalue weighted by atomic mass is 10.1. The molecule has 0 spiro atoms. The van der Waals surface area contributed by atoms with E-state index in [0.29, 0.717) is 5.02 Å². The monoisotopic (exact) mass is 300 g/mol. The van der Waals surface area contributed by atoms with E-state index in [1.165, 1.54) is 24.6 Å². The van der Waals surface area contributed by atoms with Gasteiger partial charge in [0.2, 0.25) is 5.90 Å². The highest BCUT2D eigenvalue weighted by molar-refractivity contribution is 6.31. The summed E-state index contributed by atoms with van der Waals surface area (Å²) in [6, 6.07) is 5.49. The molecule has 106 valence electrons. The second-order valence-corrected chi connectivity index (χ2v) is 4.59. The zero-order valence-electron chi connectivity index (χ0n) is 11.4. The minimum absolute atomic E-state index is 0.185. The van der Waals surface area contributed by atoms with Crippen LogP contribution < -0.4 is 0 Å². The Bertz CT molecular complexity index is 686. The van der Waals surface area contributed by atoms with Gasteiger partial charge in [-0.2, -0.15) is 0 Å². The fourth-order valence-electron chi connectivity index (χ4n) is 1.54. The van der Waals surface area contributed by atoms with Crippen molar-refractivity contribution >= 4 is 35.8 Å². The van der Waals surface area contributed by atoms with Crippen molar-refractivity contribution in [2.45, 2.75) is 6.92 Å². The molecule has 0 amide bonds. The van der Waals surface area contributed by atoms with E-state index in [1.54, 1.807) is 24.4 Å². The molecule has 4 nitrogen and oxygen atoms in total. The van der Waals surface area contributed by atoms with Crippen LogP contribution in [0.25, 0.3) is 6.08 Å². The molecule has 5 heteroatoms. The molecule has 21 heavy (non-hydrogen) atoms. The lowest BCUT2D eigenvalue weighted by molar-refractivity contribution is -0.129. The zero-order valence-corrected chi connectivity index (χ0v) is 12.1. The molecule has 0 bridgehead atoms. The molecule has 1 aromatic carbocycles. The first-order valence-corrected chi connectivity index (χ1v) is 6.61. The standard InChI is InChI=1S/C16H13ClN2O2/c1-12-11-13(3-5-14(12)17)4-6-16(20)21-15-7-10-18-8-2-9-19-15/h2-11H,1H3/b6-4?,8-2?,9-2-,10-7-,15-7?,18-8-,18-10?,19-9?,19-15+. The van der Waals surface area contributed by atoms with Crippen LogP contribution in [0.2, 0.25) is 5.02 Å². The normalized spacial score (nSPS) is 21.0. The topological polar surface area (TPSA) is 51.0 Å². The summed E-state index contributed by atoms with van der Waals surface area (Å²) < 4.78 is 5.09. The lowest BCUT2D eigenvalue weighted by Gasteiger charge is -2.01. The number of nitrogens with zero attached hydrogens (tertiary/aromatic N) is 2. The summed E-state index contributed by atoms with van der Waals surface area (Å²) in [5, 5.41) is 0.691. The van der Waals surface area contributed by atoms with Crippen LogP contribution in [-0.2, 0) is 9.53 Å². The van der Waals surface area contributed by atoms with Crippen molar-refractivity contribution in [3.05, 3.63) is 65.0 Å². The van der Waals surface area contributed by atoms with Crippen molar-refractivity contribution < 1.29 is 9.53 Å². The smallest absolute Gasteiger partial charge is 0.337 e. The Labute approximate surface area is 127 Å². The van der Waals surface area contributed by atoms with Crippen LogP contribution in [0.3, 0.4) is 0 Å². The first-order valence-electron chi connectivity index (χ1n) is 6.24. The van der Waals surface area contributed by atoms with Crippen molar-refractivity contribution in [3.63, 3.8) is 0 Å². The van der Waals surface area contributed by atoms with Crippen LogP contribution in [-0.4, -0.2) is 18.1 Å². The van der Waals surface area contributed by atoms with E-state index in [1.807, 2.05) is 19.1 Å². The van der Waals surface area contributed by atoms with E-state index in [9.17, 15) is 4.79 Å². The molecular formula is C16H13ClN2O2. The van der Waals surface area contributed by atoms with Crippen LogP contribution >= 0.6 is 11.6 Å². The fraction of sp³-hybridized carbons (Fsp3) is 0.0625. The number of carbonyl (C=O) groups is 1. The number of carbonyl (C=O) groups excluding carboxylic acids is 1. The lowest BCUT2D eigenvalue weighted by Crippen LogP contribution is -2.07. The molecule has 0 radical (unpaired) electrons. The summed E-state index contributed by atoms with van der Waals surface area (Å²) in [6.45, 7) is 1.90. The highest BCUT2D eigenvalue weighted by atomic mass is 35.5. The molecule has 1 aliphatic heterocycles. The third-order valence-electron chi connectivity index (χ3n) is 2.56. The maximum atomic E-state index is 11.7. The summed E-state index contributed by atoms with van der Waals surface area (Å²) in [5.74, 6) is -0.325. The van der Waals surface area contributed by atoms with Gasteiger partial charge in [0.15, 0.2) is 0 Å². The van der Waals surface area contributed by atoms with Crippen LogP contribution in [0, 0.1) is 6.92 Å². The van der Waals surface area contributed by atoms with Gasteiger partial charge >= 0.3 is 5.97 Å². The van der Waals surface area contributed by atoms with Crippen molar-refractivity contribution in [3.8, 4) is 0 Å². The number of hydrogen-bond donors (Lipinski definition) is 0. The molecule has 2 rings (SSSR count). The predicted molar refractivity (Wildman–Crippen MR) is 85.5 cm³/mol. The summed E-state index contributed by atoms with van der Waals surface area (Å²) in [6.07, 6.45) is 10.7. The Balaban J connectivity index is 2.01. The van der Waals surface area contributed by atoms with Gasteiger partial charge in [-0.3, -0.25) is 4.99 Å². The number of aryl methyl sites for hydroxylation is 1. The quantitative estimate of drug-likeness (QED) is 0.617. The number of benzene rings is 1. The second-order valence-electron chi connectivity index (χ2n) is 4.19. The van der Waals surface area contributed by atoms with Gasteiger partial charge in [0.25, 0.3) is 0 Å². The highest BCUT2D eigenvalue weighted by Gasteiger charge is 2.02. The summed E-state index contributed by atoms with van der Waals surface area (Å²) >= 11 is 5.94. The first kappa shape index (κ1) is 14.9. The van der Waals surface area contributed by atoms with Gasteiger partial charge in [-0.15, -0.1) is 0 Å². The molecular weight excluding hydrogens is 288 g/mol. The molecule has 0 unspecified atom stereocenters. The SMILES string of the molecule is Cc1cc(C=CC(=O)OC2=N/C=C\C=N/C=C\2)ccc1Cl. The van der Waals surface area contributed by atoms with Crippen molar-refractivity contribution in [1.82, 2.24) is 0 Å². The van der Waals surface area contributed by atoms with Gasteiger partial charge < -0.3 is 4.74 Å². The second kappa shape index (κ2) is 7.36. The largest absolute Gasteiger partial charge is 0.404 e. The maximum Gasteiger partial charge on any atom is 0.337 e. The Morgan fingerprint density at radius 3 is 3.00 bits per heavy atom. The van der Waals surface area contributed by atoms with Gasteiger partial charge in [0.05, 0.1) is 0 Å². The molecule has 1 aliphatic rings. The van der Waals surface area contributed by atoms with Crippen molar-refractivity contribution in [2.75, 3.05) is 0 Å².